The average Bonchev–Trinajstić information content (AvgIpc) is 2.90. The lowest BCUT2D eigenvalue weighted by Gasteiger charge is -2.10. The van der Waals surface area contributed by atoms with Gasteiger partial charge in [-0.2, -0.15) is 0 Å². The molecular formula is C13H14N2O3. The summed E-state index contributed by atoms with van der Waals surface area (Å²) in [7, 11) is 0. The first-order chi connectivity index (χ1) is 8.66. The largest absolute Gasteiger partial charge is 0.477 e. The lowest BCUT2D eigenvalue weighted by Crippen LogP contribution is -2.18. The molecule has 5 nitrogen and oxygen atoms in total. The summed E-state index contributed by atoms with van der Waals surface area (Å²) in [6.45, 7) is 2.46. The van der Waals surface area contributed by atoms with Crippen molar-refractivity contribution < 1.29 is 14.3 Å². The molecule has 0 aromatic carbocycles. The van der Waals surface area contributed by atoms with Gasteiger partial charge in [-0.1, -0.05) is 6.07 Å². The molecule has 0 spiro atoms. The van der Waals surface area contributed by atoms with Crippen LogP contribution >= 0.6 is 0 Å². The number of hydrogen-bond acceptors (Lipinski definition) is 4. The molecule has 0 amide bonds. The van der Waals surface area contributed by atoms with E-state index < -0.39 is 5.97 Å². The van der Waals surface area contributed by atoms with E-state index in [1.807, 2.05) is 19.1 Å². The lowest BCUT2D eigenvalue weighted by atomic mass is 10.2. The standard InChI is InChI=1S/C13H14N2O3/c1-9(12-6-3-7-18-12)14-8-10-4-2-5-11(15-10)13(16)17/h2-7,9,14H,8H2,1H3,(H,16,17)/t9-/m0/s1. The molecule has 2 aromatic heterocycles. The molecule has 2 aromatic rings. The summed E-state index contributed by atoms with van der Waals surface area (Å²) >= 11 is 0. The molecule has 0 saturated carbocycles. The zero-order valence-electron chi connectivity index (χ0n) is 9.96. The van der Waals surface area contributed by atoms with Crippen LogP contribution < -0.4 is 5.32 Å². The third-order valence-electron chi connectivity index (χ3n) is 2.59. The minimum absolute atomic E-state index is 0.0512. The van der Waals surface area contributed by atoms with Crippen molar-refractivity contribution in [3.8, 4) is 0 Å². The molecule has 2 N–H and O–H groups in total. The number of pyridine rings is 1. The summed E-state index contributed by atoms with van der Waals surface area (Å²) in [5.41, 5.74) is 0.744. The molecule has 94 valence electrons. The van der Waals surface area contributed by atoms with E-state index in [1.165, 1.54) is 6.07 Å². The van der Waals surface area contributed by atoms with E-state index in [-0.39, 0.29) is 11.7 Å². The van der Waals surface area contributed by atoms with Gasteiger partial charge in [0.2, 0.25) is 0 Å². The summed E-state index contributed by atoms with van der Waals surface area (Å²) in [5, 5.41) is 12.1. The van der Waals surface area contributed by atoms with Gasteiger partial charge in [-0.25, -0.2) is 9.78 Å². The van der Waals surface area contributed by atoms with Crippen molar-refractivity contribution >= 4 is 5.97 Å². The fourth-order valence-electron chi connectivity index (χ4n) is 1.59. The second-order valence-electron chi connectivity index (χ2n) is 3.94. The fourth-order valence-corrected chi connectivity index (χ4v) is 1.59. The highest BCUT2D eigenvalue weighted by atomic mass is 16.4. The van der Waals surface area contributed by atoms with E-state index in [0.717, 1.165) is 5.76 Å². The van der Waals surface area contributed by atoms with Gasteiger partial charge in [0.05, 0.1) is 18.0 Å². The number of hydrogen-bond donors (Lipinski definition) is 2. The topological polar surface area (TPSA) is 75.4 Å². The molecule has 0 radical (unpaired) electrons. The highest BCUT2D eigenvalue weighted by molar-refractivity contribution is 5.85. The van der Waals surface area contributed by atoms with Crippen molar-refractivity contribution in [2.24, 2.45) is 0 Å². The Hall–Kier alpha value is -2.14. The highest BCUT2D eigenvalue weighted by Crippen LogP contribution is 2.12. The third-order valence-corrected chi connectivity index (χ3v) is 2.59. The minimum Gasteiger partial charge on any atom is -0.477 e. The SMILES string of the molecule is C[C@H](NCc1cccc(C(=O)O)n1)c1ccco1. The number of carboxylic acid groups (broad SMARTS) is 1. The molecule has 2 rings (SSSR count). The summed E-state index contributed by atoms with van der Waals surface area (Å²) in [4.78, 5) is 14.8. The predicted octanol–water partition coefficient (Wildman–Crippen LogP) is 2.22. The van der Waals surface area contributed by atoms with Crippen molar-refractivity contribution in [1.82, 2.24) is 10.3 Å². The Morgan fingerprint density at radius 1 is 1.44 bits per heavy atom. The van der Waals surface area contributed by atoms with Crippen LogP contribution in [0.2, 0.25) is 0 Å². The van der Waals surface area contributed by atoms with Gasteiger partial charge < -0.3 is 14.8 Å². The Morgan fingerprint density at radius 3 is 2.94 bits per heavy atom. The number of carbonyl (C=O) groups is 1. The zero-order valence-corrected chi connectivity index (χ0v) is 9.96. The Labute approximate surface area is 104 Å². The Bertz CT molecular complexity index is 523. The average molecular weight is 246 g/mol. The van der Waals surface area contributed by atoms with Gasteiger partial charge in [-0.05, 0) is 31.2 Å². The normalized spacial score (nSPS) is 12.3. The van der Waals surface area contributed by atoms with Crippen molar-refractivity contribution in [2.75, 3.05) is 0 Å². The third kappa shape index (κ3) is 2.95. The Balaban J connectivity index is 1.98. The van der Waals surface area contributed by atoms with Crippen LogP contribution in [0.4, 0.5) is 0 Å². The highest BCUT2D eigenvalue weighted by Gasteiger charge is 2.09. The molecule has 0 bridgehead atoms. The van der Waals surface area contributed by atoms with Crippen LogP contribution in [0.3, 0.4) is 0 Å². The molecule has 0 aliphatic heterocycles. The number of rotatable bonds is 5. The molecule has 5 heteroatoms. The van der Waals surface area contributed by atoms with E-state index in [1.54, 1.807) is 18.4 Å². The van der Waals surface area contributed by atoms with Gasteiger partial charge in [0, 0.05) is 6.54 Å². The van der Waals surface area contributed by atoms with E-state index in [0.29, 0.717) is 12.2 Å². The van der Waals surface area contributed by atoms with Gasteiger partial charge in [-0.15, -0.1) is 0 Å². The number of carboxylic acids is 1. The summed E-state index contributed by atoms with van der Waals surface area (Å²) in [6.07, 6.45) is 1.62. The van der Waals surface area contributed by atoms with Crippen LogP contribution in [0, 0.1) is 0 Å². The molecule has 0 saturated heterocycles. The van der Waals surface area contributed by atoms with Crippen LogP contribution in [0.1, 0.15) is 34.9 Å². The maximum Gasteiger partial charge on any atom is 0.354 e. The van der Waals surface area contributed by atoms with Crippen LogP contribution in [-0.2, 0) is 6.54 Å². The zero-order chi connectivity index (χ0) is 13.0. The van der Waals surface area contributed by atoms with Gasteiger partial charge in [0.25, 0.3) is 0 Å². The first kappa shape index (κ1) is 12.3. The summed E-state index contributed by atoms with van der Waals surface area (Å²) in [5.74, 6) is -0.180. The van der Waals surface area contributed by atoms with Gasteiger partial charge >= 0.3 is 5.97 Å². The number of furan rings is 1. The minimum atomic E-state index is -1.02. The first-order valence-electron chi connectivity index (χ1n) is 5.63. The summed E-state index contributed by atoms with van der Waals surface area (Å²) < 4.78 is 5.27. The van der Waals surface area contributed by atoms with Crippen molar-refractivity contribution in [1.29, 1.82) is 0 Å². The molecule has 1 atom stereocenters. The van der Waals surface area contributed by atoms with Gasteiger partial charge in [0.15, 0.2) is 0 Å². The smallest absolute Gasteiger partial charge is 0.354 e. The predicted molar refractivity (Wildman–Crippen MR) is 65.2 cm³/mol. The molecule has 0 aliphatic rings. The summed E-state index contributed by atoms with van der Waals surface area (Å²) in [6, 6.07) is 8.71. The molecule has 0 unspecified atom stereocenters. The number of aromatic carboxylic acids is 1. The number of nitrogens with one attached hydrogen (secondary N) is 1. The van der Waals surface area contributed by atoms with Gasteiger partial charge in [0.1, 0.15) is 11.5 Å². The van der Waals surface area contributed by atoms with Crippen LogP contribution in [0.25, 0.3) is 0 Å². The van der Waals surface area contributed by atoms with Crippen molar-refractivity contribution in [3.05, 3.63) is 53.7 Å². The maximum atomic E-state index is 10.8. The van der Waals surface area contributed by atoms with Crippen LogP contribution in [0.5, 0.6) is 0 Å². The monoisotopic (exact) mass is 246 g/mol. The van der Waals surface area contributed by atoms with Crippen molar-refractivity contribution in [2.45, 2.75) is 19.5 Å². The molecule has 2 heterocycles. The molecule has 0 fully saturated rings. The van der Waals surface area contributed by atoms with E-state index in [2.05, 4.69) is 10.3 Å². The molecule has 18 heavy (non-hydrogen) atoms. The van der Waals surface area contributed by atoms with Crippen LogP contribution in [0.15, 0.2) is 41.0 Å². The Morgan fingerprint density at radius 2 is 2.28 bits per heavy atom. The van der Waals surface area contributed by atoms with E-state index in [9.17, 15) is 4.79 Å². The lowest BCUT2D eigenvalue weighted by molar-refractivity contribution is 0.0690. The number of aromatic nitrogens is 1. The second kappa shape index (κ2) is 5.46. The second-order valence-corrected chi connectivity index (χ2v) is 3.94. The van der Waals surface area contributed by atoms with Crippen molar-refractivity contribution in [3.63, 3.8) is 0 Å². The molecular weight excluding hydrogens is 232 g/mol. The van der Waals surface area contributed by atoms with Crippen LogP contribution in [-0.4, -0.2) is 16.1 Å². The van der Waals surface area contributed by atoms with E-state index in [4.69, 9.17) is 9.52 Å². The maximum absolute atomic E-state index is 10.8. The quantitative estimate of drug-likeness (QED) is 0.846. The Kier molecular flexibility index (Phi) is 3.74. The first-order valence-corrected chi connectivity index (χ1v) is 5.63. The fraction of sp³-hybridized carbons (Fsp3) is 0.231. The molecule has 0 aliphatic carbocycles. The number of nitrogens with zero attached hydrogens (tertiary/aromatic N) is 1. The van der Waals surface area contributed by atoms with E-state index >= 15 is 0 Å². The van der Waals surface area contributed by atoms with Gasteiger partial charge in [-0.3, -0.25) is 0 Å².